The van der Waals surface area contributed by atoms with Gasteiger partial charge in [-0.15, -0.1) is 0 Å². The standard InChI is InChI=1S/C21H24ClNO.C13H19N.C8H6BrClO.C2H3N.CH4/c22-20-12-10-19(11-13-20)21(24)16-23-14-4-7-18(15-23)9-8-17-5-2-1-3-6-17;1-2-5-12(6-3-1)8-9-13-7-4-10-14-11-13;9-5-8(11)6-1-3-7(10)4-2-6;1-2-3;/h1-3,5-6,10-13,18H,4,7-9,14-16H2;1-3,5-6,13-14H,4,7-11H2;1-4H,5H2;1H3;1H4/t18-;13-;;;/m00.../s1. The lowest BCUT2D eigenvalue weighted by Gasteiger charge is -2.32. The lowest BCUT2D eigenvalue weighted by atomic mass is 9.91. The van der Waals surface area contributed by atoms with E-state index in [1.54, 1.807) is 42.5 Å². The number of piperidine rings is 2. The number of rotatable bonds is 11. The second kappa shape index (κ2) is 27.3. The lowest BCUT2D eigenvalue weighted by molar-refractivity contribution is 0.0882. The minimum atomic E-state index is 0. The van der Waals surface area contributed by atoms with Gasteiger partial charge in [0.05, 0.1) is 17.9 Å². The number of hydrogen-bond donors (Lipinski definition) is 1. The highest BCUT2D eigenvalue weighted by Gasteiger charge is 2.22. The van der Waals surface area contributed by atoms with Crippen LogP contribution >= 0.6 is 39.1 Å². The summed E-state index contributed by atoms with van der Waals surface area (Å²) in [4.78, 5) is 25.8. The Bertz CT molecular complexity index is 1610. The number of nitriles is 1. The fraction of sp³-hybridized carbons (Fsp3) is 0.400. The van der Waals surface area contributed by atoms with Gasteiger partial charge >= 0.3 is 0 Å². The lowest BCUT2D eigenvalue weighted by Crippen LogP contribution is -2.39. The third kappa shape index (κ3) is 19.0. The van der Waals surface area contributed by atoms with E-state index in [0.717, 1.165) is 31.0 Å². The second-order valence-electron chi connectivity index (χ2n) is 13.2. The maximum Gasteiger partial charge on any atom is 0.176 e. The molecule has 0 spiro atoms. The van der Waals surface area contributed by atoms with E-state index in [2.05, 4.69) is 86.8 Å². The molecule has 0 aliphatic carbocycles. The van der Waals surface area contributed by atoms with Crippen LogP contribution in [0.2, 0.25) is 10.0 Å². The molecule has 0 aromatic heterocycles. The molecular formula is C45H56BrCl2N3O2. The Morgan fingerprint density at radius 2 is 1.23 bits per heavy atom. The number of alkyl halides is 1. The van der Waals surface area contributed by atoms with Crippen LogP contribution in [0, 0.1) is 23.2 Å². The Labute approximate surface area is 337 Å². The van der Waals surface area contributed by atoms with Gasteiger partial charge in [0.15, 0.2) is 11.6 Å². The van der Waals surface area contributed by atoms with Gasteiger partial charge in [0.25, 0.3) is 0 Å². The van der Waals surface area contributed by atoms with E-state index in [0.29, 0.717) is 33.4 Å². The van der Waals surface area contributed by atoms with Crippen LogP contribution in [0.1, 0.15) is 84.7 Å². The predicted molar refractivity (Wildman–Crippen MR) is 228 cm³/mol. The van der Waals surface area contributed by atoms with Crippen LogP contribution < -0.4 is 5.32 Å². The normalized spacial score (nSPS) is 16.4. The van der Waals surface area contributed by atoms with E-state index in [9.17, 15) is 9.59 Å². The molecule has 8 heteroatoms. The summed E-state index contributed by atoms with van der Waals surface area (Å²) in [6.45, 7) is 6.46. The minimum absolute atomic E-state index is 0. The van der Waals surface area contributed by atoms with Gasteiger partial charge in [-0.1, -0.05) is 107 Å². The smallest absolute Gasteiger partial charge is 0.176 e. The van der Waals surface area contributed by atoms with E-state index in [1.807, 2.05) is 12.1 Å². The highest BCUT2D eigenvalue weighted by atomic mass is 79.9. The van der Waals surface area contributed by atoms with Gasteiger partial charge in [-0.05, 0) is 142 Å². The van der Waals surface area contributed by atoms with Gasteiger partial charge < -0.3 is 5.32 Å². The monoisotopic (exact) mass is 819 g/mol. The highest BCUT2D eigenvalue weighted by Crippen LogP contribution is 2.22. The Hall–Kier alpha value is -3.31. The van der Waals surface area contributed by atoms with Crippen molar-refractivity contribution in [3.63, 3.8) is 0 Å². The van der Waals surface area contributed by atoms with Crippen LogP contribution in [0.15, 0.2) is 109 Å². The summed E-state index contributed by atoms with van der Waals surface area (Å²) >= 11 is 14.6. The number of benzene rings is 4. The Morgan fingerprint density at radius 1 is 0.755 bits per heavy atom. The van der Waals surface area contributed by atoms with Crippen molar-refractivity contribution < 1.29 is 9.59 Å². The number of ketones is 2. The molecule has 2 aliphatic rings. The van der Waals surface area contributed by atoms with Crippen molar-refractivity contribution in [1.82, 2.24) is 10.2 Å². The van der Waals surface area contributed by atoms with Gasteiger partial charge in [0.1, 0.15) is 0 Å². The van der Waals surface area contributed by atoms with Crippen molar-refractivity contribution in [2.75, 3.05) is 38.1 Å². The van der Waals surface area contributed by atoms with Crippen LogP contribution in [-0.4, -0.2) is 54.5 Å². The van der Waals surface area contributed by atoms with Crippen LogP contribution in [0.4, 0.5) is 0 Å². The molecular weight excluding hydrogens is 765 g/mol. The number of carbonyl (C=O) groups is 2. The molecule has 0 amide bonds. The molecule has 1 N–H and O–H groups in total. The van der Waals surface area contributed by atoms with Crippen molar-refractivity contribution in [3.8, 4) is 6.07 Å². The first kappa shape index (κ1) is 45.8. The molecule has 4 aromatic carbocycles. The summed E-state index contributed by atoms with van der Waals surface area (Å²) in [6, 6.07) is 37.3. The average molecular weight is 822 g/mol. The minimum Gasteiger partial charge on any atom is -0.316 e. The summed E-state index contributed by atoms with van der Waals surface area (Å²) in [6.07, 6.45) is 10.2. The first-order valence-corrected chi connectivity index (χ1v) is 20.1. The molecule has 284 valence electrons. The van der Waals surface area contributed by atoms with Crippen LogP contribution in [0.25, 0.3) is 0 Å². The third-order valence-corrected chi connectivity index (χ3v) is 10.2. The molecule has 4 aromatic rings. The highest BCUT2D eigenvalue weighted by molar-refractivity contribution is 9.09. The summed E-state index contributed by atoms with van der Waals surface area (Å²) in [7, 11) is 0. The Balaban J connectivity index is 0.000000285. The van der Waals surface area contributed by atoms with Crippen molar-refractivity contribution in [2.45, 2.75) is 65.7 Å². The number of halogens is 3. The molecule has 2 saturated heterocycles. The van der Waals surface area contributed by atoms with Gasteiger partial charge in [0, 0.05) is 34.6 Å². The molecule has 2 fully saturated rings. The van der Waals surface area contributed by atoms with Crippen molar-refractivity contribution >= 4 is 50.7 Å². The summed E-state index contributed by atoms with van der Waals surface area (Å²) in [5.41, 5.74) is 4.34. The SMILES string of the molecule is C.CC#N.O=C(CBr)c1ccc(Cl)cc1.O=C(CN1CCC[C@@H](CCc2ccccc2)C1)c1ccc(Cl)cc1.c1ccc(CC[C@@H]2CCCNC2)cc1. The largest absolute Gasteiger partial charge is 0.316 e. The fourth-order valence-corrected chi connectivity index (χ4v) is 6.95. The molecule has 0 radical (unpaired) electrons. The van der Waals surface area contributed by atoms with Gasteiger partial charge in [-0.3, -0.25) is 14.5 Å². The van der Waals surface area contributed by atoms with E-state index in [4.69, 9.17) is 28.5 Å². The second-order valence-corrected chi connectivity index (χ2v) is 14.7. The van der Waals surface area contributed by atoms with Gasteiger partial charge in [-0.25, -0.2) is 0 Å². The molecule has 0 bridgehead atoms. The number of likely N-dealkylation sites (tertiary alicyclic amines) is 1. The zero-order valence-corrected chi connectivity index (χ0v) is 33.4. The fourth-order valence-electron chi connectivity index (χ4n) is 6.37. The maximum atomic E-state index is 12.4. The Kier molecular flexibility index (Phi) is 23.6. The number of Topliss-reactive ketones (excluding diaryl/α,β-unsaturated/α-hetero) is 2. The molecule has 2 atom stereocenters. The van der Waals surface area contributed by atoms with Gasteiger partial charge in [-0.2, -0.15) is 5.26 Å². The van der Waals surface area contributed by atoms with E-state index < -0.39 is 0 Å². The van der Waals surface area contributed by atoms with E-state index in [-0.39, 0.29) is 19.0 Å². The first-order chi connectivity index (χ1) is 25.3. The summed E-state index contributed by atoms with van der Waals surface area (Å²) in [5.74, 6) is 1.86. The van der Waals surface area contributed by atoms with Crippen LogP contribution in [0.5, 0.6) is 0 Å². The number of aryl methyl sites for hydroxylation is 2. The summed E-state index contributed by atoms with van der Waals surface area (Å²) < 4.78 is 0. The molecule has 6 rings (SSSR count). The van der Waals surface area contributed by atoms with Crippen LogP contribution in [0.3, 0.4) is 0 Å². The predicted octanol–water partition coefficient (Wildman–Crippen LogP) is 11.6. The van der Waals surface area contributed by atoms with E-state index >= 15 is 0 Å². The first-order valence-electron chi connectivity index (χ1n) is 18.3. The number of hydrogen-bond acceptors (Lipinski definition) is 5. The average Bonchev–Trinajstić information content (AvgIpc) is 3.19. The van der Waals surface area contributed by atoms with Crippen LogP contribution in [-0.2, 0) is 12.8 Å². The molecule has 2 aliphatic heterocycles. The number of nitrogens with one attached hydrogen (secondary N) is 1. The third-order valence-electron chi connectivity index (χ3n) is 9.19. The topological polar surface area (TPSA) is 73.2 Å². The van der Waals surface area contributed by atoms with E-state index in [1.165, 1.54) is 76.1 Å². The van der Waals surface area contributed by atoms with Crippen molar-refractivity contribution in [3.05, 3.63) is 141 Å². The molecule has 0 saturated carbocycles. The molecule has 5 nitrogen and oxygen atoms in total. The molecule has 0 unspecified atom stereocenters. The summed E-state index contributed by atoms with van der Waals surface area (Å²) in [5, 5.41) is 12.5. The van der Waals surface area contributed by atoms with Crippen molar-refractivity contribution in [1.29, 1.82) is 5.26 Å². The number of carbonyl (C=O) groups excluding carboxylic acids is 2. The Morgan fingerprint density at radius 3 is 1.70 bits per heavy atom. The molecule has 53 heavy (non-hydrogen) atoms. The zero-order valence-electron chi connectivity index (χ0n) is 30.3. The quantitative estimate of drug-likeness (QED) is 0.120. The zero-order chi connectivity index (χ0) is 37.4. The number of nitrogens with zero attached hydrogens (tertiary/aromatic N) is 2. The van der Waals surface area contributed by atoms with Crippen molar-refractivity contribution in [2.24, 2.45) is 11.8 Å². The van der Waals surface area contributed by atoms with Gasteiger partial charge in [0.2, 0.25) is 0 Å². The maximum absolute atomic E-state index is 12.4. The molecule has 2 heterocycles.